The molecule has 0 amide bonds. The predicted molar refractivity (Wildman–Crippen MR) is 149 cm³/mol. The molecule has 0 saturated carbocycles. The molecule has 0 heterocycles. The van der Waals surface area contributed by atoms with Gasteiger partial charge >= 0.3 is 220 Å². The van der Waals surface area contributed by atoms with Crippen molar-refractivity contribution in [2.45, 2.75) is 68.7 Å². The molecule has 0 N–H and O–H groups in total. The summed E-state index contributed by atoms with van der Waals surface area (Å²) in [5.74, 6) is 1.74. The van der Waals surface area contributed by atoms with Gasteiger partial charge in [-0.2, -0.15) is 0 Å². The maximum atomic E-state index is 13.8. The second-order valence-corrected chi connectivity index (χ2v) is 22.7. The summed E-state index contributed by atoms with van der Waals surface area (Å²) in [6.07, 6.45) is 4.95. The first-order valence-corrected chi connectivity index (χ1v) is 21.6. The summed E-state index contributed by atoms with van der Waals surface area (Å²) < 4.78 is 14.1. The van der Waals surface area contributed by atoms with Crippen LogP contribution in [-0.4, -0.2) is 36.3 Å². The fourth-order valence-corrected chi connectivity index (χ4v) is 14.6. The minimum absolute atomic E-state index is 0.0141. The number of allylic oxidation sites excluding steroid dienone is 1. The van der Waals surface area contributed by atoms with E-state index in [0.717, 1.165) is 57.3 Å². The molecule has 3 rings (SSSR count). The molecule has 2 aromatic carbocycles. The van der Waals surface area contributed by atoms with Crippen molar-refractivity contribution >= 4 is 49.5 Å². The van der Waals surface area contributed by atoms with Gasteiger partial charge in [-0.1, -0.05) is 0 Å². The van der Waals surface area contributed by atoms with Crippen molar-refractivity contribution in [3.8, 4) is 5.75 Å². The maximum absolute atomic E-state index is 13.8. The molecule has 0 atom stereocenters. The Balaban J connectivity index is 2.14. The second-order valence-electron chi connectivity index (χ2n) is 9.63. The zero-order valence-corrected chi connectivity index (χ0v) is 25.3. The van der Waals surface area contributed by atoms with E-state index in [1.165, 1.54) is 0 Å². The molecule has 0 aromatic heterocycles. The number of rotatable bonds is 13. The van der Waals surface area contributed by atoms with Gasteiger partial charge in [-0.25, -0.2) is 0 Å². The van der Waals surface area contributed by atoms with Crippen molar-refractivity contribution in [2.24, 2.45) is 10.9 Å². The fraction of sp³-hybridized carbons (Fsp3) is 0.448. The Labute approximate surface area is 218 Å². The van der Waals surface area contributed by atoms with Gasteiger partial charge in [0.1, 0.15) is 0 Å². The molecule has 0 saturated heterocycles. The third-order valence-electron chi connectivity index (χ3n) is 6.19. The third kappa shape index (κ3) is 7.13. The van der Waals surface area contributed by atoms with Gasteiger partial charge in [-0.15, -0.1) is 0 Å². The average molecular weight is 603 g/mol. The molecule has 1 aliphatic rings. The number of benzene rings is 2. The van der Waals surface area contributed by atoms with Gasteiger partial charge in [0.2, 0.25) is 0 Å². The first kappa shape index (κ1) is 27.8. The Morgan fingerprint density at radius 2 is 1.57 bits per heavy atom. The van der Waals surface area contributed by atoms with Crippen LogP contribution >= 0.6 is 8.92 Å². The number of fused-ring (bicyclic) bond motifs is 1. The third-order valence-corrected chi connectivity index (χ3v) is 17.1. The number of carbonyl (C=O) groups is 1. The molecule has 0 fully saturated rings. The number of halogens is 1. The van der Waals surface area contributed by atoms with Gasteiger partial charge in [0, 0.05) is 0 Å². The number of carbonyl (C=O) groups excluding carboxylic acids is 1. The van der Waals surface area contributed by atoms with Crippen LogP contribution in [0.25, 0.3) is 5.76 Å². The molecule has 0 bridgehead atoms. The van der Waals surface area contributed by atoms with E-state index < -0.39 is 17.7 Å². The average Bonchev–Trinajstić information content (AvgIpc) is 3.12. The van der Waals surface area contributed by atoms with Crippen LogP contribution in [0.15, 0.2) is 59.1 Å². The molecular formula is C29H38ClNO3Sn. The Morgan fingerprint density at radius 3 is 2.11 bits per heavy atom. The Bertz CT molecular complexity index is 1070. The molecule has 4 nitrogen and oxygen atoms in total. The Morgan fingerprint density at radius 1 is 0.971 bits per heavy atom. The van der Waals surface area contributed by atoms with E-state index in [-0.39, 0.29) is 5.78 Å². The van der Waals surface area contributed by atoms with Gasteiger partial charge in [0.25, 0.3) is 0 Å². The van der Waals surface area contributed by atoms with E-state index >= 15 is 0 Å². The zero-order chi connectivity index (χ0) is 25.4. The van der Waals surface area contributed by atoms with Crippen molar-refractivity contribution < 1.29 is 12.6 Å². The van der Waals surface area contributed by atoms with E-state index in [4.69, 9.17) is 21.7 Å². The Hall–Kier alpha value is -1.79. The SMILES string of the molecule is CCC[CH2][Sn]([Cl])([CH2]CCC)[O]C1=C(C(CC(C)C)=Nc2ccc(OC)cc2)C(=O)c2ccccc21. The summed E-state index contributed by atoms with van der Waals surface area (Å²) in [5, 5.41) is 0. The summed E-state index contributed by atoms with van der Waals surface area (Å²) in [4.78, 5) is 18.8. The summed E-state index contributed by atoms with van der Waals surface area (Å²) in [6, 6.07) is 15.4. The van der Waals surface area contributed by atoms with Crippen molar-refractivity contribution in [1.29, 1.82) is 0 Å². The van der Waals surface area contributed by atoms with E-state index in [0.29, 0.717) is 29.2 Å². The summed E-state index contributed by atoms with van der Waals surface area (Å²) in [5.41, 5.74) is 3.67. The standard InChI is InChI=1S/C21H21NO3.2C4H9.ClH.Sn/c1-13(2)12-18(22-14-8-10-15(25-3)11-9-14)19-20(23)16-6-4-5-7-17(16)21(19)24;2*1-3-4-2;;/h4-11,13,23H,12H2,1-3H3;2*1,3-4H2,2H3;1H;/q;;;;+2/p-2. The van der Waals surface area contributed by atoms with Gasteiger partial charge in [0.05, 0.1) is 0 Å². The Kier molecular flexibility index (Phi) is 10.3. The molecule has 0 aliphatic heterocycles. The molecule has 2 aromatic rings. The van der Waals surface area contributed by atoms with Crippen LogP contribution in [0.2, 0.25) is 8.87 Å². The van der Waals surface area contributed by atoms with Crippen LogP contribution in [0, 0.1) is 5.92 Å². The molecule has 0 radical (unpaired) electrons. The van der Waals surface area contributed by atoms with Gasteiger partial charge in [0.15, 0.2) is 0 Å². The summed E-state index contributed by atoms with van der Waals surface area (Å²) >= 11 is -3.49. The van der Waals surface area contributed by atoms with Gasteiger partial charge < -0.3 is 0 Å². The van der Waals surface area contributed by atoms with Crippen molar-refractivity contribution in [3.63, 3.8) is 0 Å². The molecule has 1 aliphatic carbocycles. The molecule has 0 spiro atoms. The van der Waals surface area contributed by atoms with Crippen LogP contribution in [0.3, 0.4) is 0 Å². The molecule has 6 heteroatoms. The van der Waals surface area contributed by atoms with Crippen LogP contribution in [0.1, 0.15) is 75.7 Å². The van der Waals surface area contributed by atoms with E-state index in [1.54, 1.807) is 7.11 Å². The van der Waals surface area contributed by atoms with Gasteiger partial charge in [-0.05, 0) is 0 Å². The van der Waals surface area contributed by atoms with E-state index in [2.05, 4.69) is 27.7 Å². The van der Waals surface area contributed by atoms with Crippen LogP contribution < -0.4 is 4.74 Å². The van der Waals surface area contributed by atoms with E-state index in [9.17, 15) is 4.79 Å². The quantitative estimate of drug-likeness (QED) is 0.170. The minimum atomic E-state index is -3.49. The van der Waals surface area contributed by atoms with Crippen LogP contribution in [-0.2, 0) is 3.07 Å². The van der Waals surface area contributed by atoms with Crippen molar-refractivity contribution in [1.82, 2.24) is 0 Å². The molecule has 35 heavy (non-hydrogen) atoms. The zero-order valence-electron chi connectivity index (χ0n) is 21.7. The van der Waals surface area contributed by atoms with Crippen LogP contribution in [0.4, 0.5) is 5.69 Å². The van der Waals surface area contributed by atoms with E-state index in [1.807, 2.05) is 48.5 Å². The number of methoxy groups -OCH3 is 1. The molecule has 0 unspecified atom stereocenters. The molecular weight excluding hydrogens is 564 g/mol. The number of hydrogen-bond donors (Lipinski definition) is 0. The topological polar surface area (TPSA) is 47.9 Å². The van der Waals surface area contributed by atoms with Crippen molar-refractivity contribution in [2.75, 3.05) is 7.11 Å². The number of hydrogen-bond acceptors (Lipinski definition) is 4. The fourth-order valence-electron chi connectivity index (χ4n) is 4.31. The number of aliphatic imine (C=N–C) groups is 1. The molecule has 188 valence electrons. The monoisotopic (exact) mass is 603 g/mol. The summed E-state index contributed by atoms with van der Waals surface area (Å²) in [6.45, 7) is 8.66. The number of nitrogens with zero attached hydrogens (tertiary/aromatic N) is 1. The van der Waals surface area contributed by atoms with Crippen molar-refractivity contribution in [3.05, 3.63) is 65.2 Å². The van der Waals surface area contributed by atoms with Gasteiger partial charge in [-0.3, -0.25) is 0 Å². The number of unbranched alkanes of at least 4 members (excludes halogenated alkanes) is 2. The number of ether oxygens (including phenoxy) is 1. The number of Topliss-reactive ketones (excluding diaryl/α,β-unsaturated/α-hetero) is 1. The number of ketones is 1. The normalized spacial score (nSPS) is 14.0. The van der Waals surface area contributed by atoms with Crippen LogP contribution in [0.5, 0.6) is 5.75 Å². The first-order chi connectivity index (χ1) is 16.8. The first-order valence-electron chi connectivity index (χ1n) is 12.8. The summed E-state index contributed by atoms with van der Waals surface area (Å²) in [7, 11) is 8.99. The predicted octanol–water partition coefficient (Wildman–Crippen LogP) is 8.72. The second kappa shape index (κ2) is 13.0.